The minimum Gasteiger partial charge on any atom is -0.479 e. The first-order valence-electron chi connectivity index (χ1n) is 10.4. The lowest BCUT2D eigenvalue weighted by Crippen LogP contribution is -2.34. The van der Waals surface area contributed by atoms with Gasteiger partial charge in [0.2, 0.25) is 11.8 Å². The highest BCUT2D eigenvalue weighted by Crippen LogP contribution is 2.32. The van der Waals surface area contributed by atoms with Crippen LogP contribution in [0, 0.1) is 6.92 Å². The third kappa shape index (κ3) is 4.18. The molecular weight excluding hydrogens is 420 g/mol. The zero-order valence-corrected chi connectivity index (χ0v) is 18.0. The molecule has 0 fully saturated rings. The topological polar surface area (TPSA) is 106 Å². The maximum atomic E-state index is 12.7. The van der Waals surface area contributed by atoms with Crippen molar-refractivity contribution in [3.8, 4) is 28.7 Å². The molecular formula is C25H20N4O4. The van der Waals surface area contributed by atoms with Crippen molar-refractivity contribution >= 4 is 23.2 Å². The smallest absolute Gasteiger partial charge is 0.265 e. The van der Waals surface area contributed by atoms with Crippen molar-refractivity contribution in [3.05, 3.63) is 77.9 Å². The predicted molar refractivity (Wildman–Crippen MR) is 123 cm³/mol. The van der Waals surface area contributed by atoms with E-state index in [0.29, 0.717) is 40.0 Å². The lowest BCUT2D eigenvalue weighted by molar-refractivity contribution is -0.122. The van der Waals surface area contributed by atoms with Crippen LogP contribution >= 0.6 is 0 Å². The number of ether oxygens (including phenoxy) is 1. The van der Waals surface area contributed by atoms with Crippen LogP contribution in [0.4, 0.5) is 11.4 Å². The Balaban J connectivity index is 1.29. The number of carbonyl (C=O) groups excluding carboxylic acids is 2. The standard InChI is InChI=1S/C25H20N4O4/c1-14-3-5-17(6-4-14)24-28-29-25(33-24)18-9-7-16(8-10-18)23(31)26-19-11-12-21-20(13-19)27-22(30)15(2)32-21/h3-13,15H,1-2H3,(H,26,31)(H,27,30). The maximum Gasteiger partial charge on any atom is 0.265 e. The number of nitrogens with one attached hydrogen (secondary N) is 2. The fourth-order valence-electron chi connectivity index (χ4n) is 3.41. The van der Waals surface area contributed by atoms with E-state index in [4.69, 9.17) is 9.15 Å². The molecule has 2 N–H and O–H groups in total. The molecule has 0 saturated carbocycles. The van der Waals surface area contributed by atoms with Gasteiger partial charge in [-0.2, -0.15) is 0 Å². The predicted octanol–water partition coefficient (Wildman–Crippen LogP) is 4.68. The molecule has 1 aliphatic rings. The van der Waals surface area contributed by atoms with Crippen LogP contribution < -0.4 is 15.4 Å². The number of fused-ring (bicyclic) bond motifs is 1. The number of hydrogen-bond acceptors (Lipinski definition) is 6. The molecule has 164 valence electrons. The third-order valence-corrected chi connectivity index (χ3v) is 5.29. The van der Waals surface area contributed by atoms with E-state index in [1.54, 1.807) is 49.4 Å². The quantitative estimate of drug-likeness (QED) is 0.477. The van der Waals surface area contributed by atoms with Gasteiger partial charge < -0.3 is 19.8 Å². The molecule has 1 aromatic heterocycles. The third-order valence-electron chi connectivity index (χ3n) is 5.29. The summed E-state index contributed by atoms with van der Waals surface area (Å²) in [5.41, 5.74) is 4.23. The lowest BCUT2D eigenvalue weighted by Gasteiger charge is -2.23. The van der Waals surface area contributed by atoms with Gasteiger partial charge in [0.25, 0.3) is 11.8 Å². The fraction of sp³-hybridized carbons (Fsp3) is 0.120. The number of benzene rings is 3. The Labute approximate surface area is 189 Å². The molecule has 2 heterocycles. The number of rotatable bonds is 4. The number of nitrogens with zero attached hydrogens (tertiary/aromatic N) is 2. The van der Waals surface area contributed by atoms with Gasteiger partial charge in [-0.15, -0.1) is 10.2 Å². The highest BCUT2D eigenvalue weighted by atomic mass is 16.5. The summed E-state index contributed by atoms with van der Waals surface area (Å²) in [4.78, 5) is 24.5. The second-order valence-electron chi connectivity index (χ2n) is 7.77. The molecule has 0 bridgehead atoms. The molecule has 1 aliphatic heterocycles. The molecule has 1 unspecified atom stereocenters. The second-order valence-corrected chi connectivity index (χ2v) is 7.77. The van der Waals surface area contributed by atoms with E-state index < -0.39 is 6.10 Å². The molecule has 1 atom stereocenters. The summed E-state index contributed by atoms with van der Waals surface area (Å²) in [6.07, 6.45) is -0.553. The SMILES string of the molecule is Cc1ccc(-c2nnc(-c3ccc(C(=O)Nc4ccc5c(c4)NC(=O)C(C)O5)cc3)o2)cc1. The summed E-state index contributed by atoms with van der Waals surface area (Å²) >= 11 is 0. The van der Waals surface area contributed by atoms with Crippen LogP contribution in [0.5, 0.6) is 5.75 Å². The van der Waals surface area contributed by atoms with Gasteiger partial charge in [0.15, 0.2) is 6.10 Å². The zero-order chi connectivity index (χ0) is 22.9. The van der Waals surface area contributed by atoms with E-state index in [9.17, 15) is 9.59 Å². The Morgan fingerprint density at radius 1 is 0.939 bits per heavy atom. The summed E-state index contributed by atoms with van der Waals surface area (Å²) in [5, 5.41) is 13.8. The number of aromatic nitrogens is 2. The largest absolute Gasteiger partial charge is 0.479 e. The van der Waals surface area contributed by atoms with Crippen molar-refractivity contribution < 1.29 is 18.7 Å². The van der Waals surface area contributed by atoms with Crippen molar-refractivity contribution in [3.63, 3.8) is 0 Å². The average molecular weight is 440 g/mol. The van der Waals surface area contributed by atoms with Gasteiger partial charge in [0.1, 0.15) is 5.75 Å². The molecule has 0 saturated heterocycles. The minimum absolute atomic E-state index is 0.229. The summed E-state index contributed by atoms with van der Waals surface area (Å²) in [6, 6.07) is 19.8. The molecule has 5 rings (SSSR count). The minimum atomic E-state index is -0.553. The van der Waals surface area contributed by atoms with Gasteiger partial charge in [-0.25, -0.2) is 0 Å². The molecule has 2 amide bonds. The number of carbonyl (C=O) groups is 2. The molecule has 0 radical (unpaired) electrons. The number of hydrogen-bond donors (Lipinski definition) is 2. The van der Waals surface area contributed by atoms with Crippen molar-refractivity contribution in [1.29, 1.82) is 0 Å². The van der Waals surface area contributed by atoms with E-state index in [-0.39, 0.29) is 11.8 Å². The van der Waals surface area contributed by atoms with E-state index in [1.165, 1.54) is 0 Å². The Hall–Kier alpha value is -4.46. The van der Waals surface area contributed by atoms with Gasteiger partial charge in [-0.1, -0.05) is 17.7 Å². The fourth-order valence-corrected chi connectivity index (χ4v) is 3.41. The Bertz CT molecular complexity index is 1340. The monoisotopic (exact) mass is 440 g/mol. The Kier molecular flexibility index (Phi) is 5.10. The lowest BCUT2D eigenvalue weighted by atomic mass is 10.1. The molecule has 3 aromatic carbocycles. The van der Waals surface area contributed by atoms with Crippen molar-refractivity contribution in [1.82, 2.24) is 10.2 Å². The highest BCUT2D eigenvalue weighted by molar-refractivity contribution is 6.05. The zero-order valence-electron chi connectivity index (χ0n) is 18.0. The van der Waals surface area contributed by atoms with Crippen molar-refractivity contribution in [2.24, 2.45) is 0 Å². The summed E-state index contributed by atoms with van der Waals surface area (Å²) in [5.74, 6) is 0.854. The van der Waals surface area contributed by atoms with Crippen LogP contribution in [-0.2, 0) is 4.79 Å². The van der Waals surface area contributed by atoms with Gasteiger partial charge in [0.05, 0.1) is 5.69 Å². The van der Waals surface area contributed by atoms with Gasteiger partial charge >= 0.3 is 0 Å². The molecule has 4 aromatic rings. The molecule has 8 nitrogen and oxygen atoms in total. The first-order chi connectivity index (χ1) is 16.0. The average Bonchev–Trinajstić information content (AvgIpc) is 3.31. The van der Waals surface area contributed by atoms with E-state index in [1.807, 2.05) is 31.2 Å². The van der Waals surface area contributed by atoms with Crippen LogP contribution in [0.1, 0.15) is 22.8 Å². The first-order valence-corrected chi connectivity index (χ1v) is 10.4. The molecule has 33 heavy (non-hydrogen) atoms. The number of anilines is 2. The van der Waals surface area contributed by atoms with Crippen LogP contribution in [0.2, 0.25) is 0 Å². The molecule has 0 aliphatic carbocycles. The molecule has 0 spiro atoms. The van der Waals surface area contributed by atoms with Crippen LogP contribution in [0.3, 0.4) is 0 Å². The normalized spacial score (nSPS) is 14.7. The molecule has 8 heteroatoms. The van der Waals surface area contributed by atoms with Crippen LogP contribution in [0.25, 0.3) is 22.9 Å². The summed E-state index contributed by atoms with van der Waals surface area (Å²) in [7, 11) is 0. The second kappa shape index (κ2) is 8.23. The van der Waals surface area contributed by atoms with Gasteiger partial charge in [-0.3, -0.25) is 9.59 Å². The van der Waals surface area contributed by atoms with E-state index in [0.717, 1.165) is 11.1 Å². The Morgan fingerprint density at radius 2 is 1.58 bits per heavy atom. The van der Waals surface area contributed by atoms with Crippen LogP contribution in [0.15, 0.2) is 71.1 Å². The summed E-state index contributed by atoms with van der Waals surface area (Å²) < 4.78 is 11.3. The van der Waals surface area contributed by atoms with Crippen molar-refractivity contribution in [2.75, 3.05) is 10.6 Å². The van der Waals surface area contributed by atoms with Crippen molar-refractivity contribution in [2.45, 2.75) is 20.0 Å². The maximum absolute atomic E-state index is 12.7. The highest BCUT2D eigenvalue weighted by Gasteiger charge is 2.23. The Morgan fingerprint density at radius 3 is 2.24 bits per heavy atom. The first kappa shape index (κ1) is 20.4. The van der Waals surface area contributed by atoms with Crippen LogP contribution in [-0.4, -0.2) is 28.1 Å². The summed E-state index contributed by atoms with van der Waals surface area (Å²) in [6.45, 7) is 3.69. The number of aryl methyl sites for hydroxylation is 1. The van der Waals surface area contributed by atoms with Gasteiger partial charge in [0, 0.05) is 22.4 Å². The number of amides is 2. The van der Waals surface area contributed by atoms with Gasteiger partial charge in [-0.05, 0) is 68.4 Å². The van der Waals surface area contributed by atoms with E-state index >= 15 is 0 Å². The van der Waals surface area contributed by atoms with E-state index in [2.05, 4.69) is 20.8 Å².